The predicted molar refractivity (Wildman–Crippen MR) is 250 cm³/mol. The summed E-state index contributed by atoms with van der Waals surface area (Å²) in [6.07, 6.45) is 12.3. The molecule has 1 unspecified atom stereocenters. The monoisotopic (exact) mass is 929 g/mol. The van der Waals surface area contributed by atoms with Gasteiger partial charge in [0.15, 0.2) is 8.32 Å². The molecule has 11 heteroatoms. The van der Waals surface area contributed by atoms with E-state index in [1.54, 1.807) is 0 Å². The minimum absolute atomic E-state index is 0.0206. The molecule has 0 radical (unpaired) electrons. The van der Waals surface area contributed by atoms with Gasteiger partial charge in [0.2, 0.25) is 0 Å². The second-order valence-electron chi connectivity index (χ2n) is 21.0. The van der Waals surface area contributed by atoms with Gasteiger partial charge in [-0.1, -0.05) is 67.7 Å². The summed E-state index contributed by atoms with van der Waals surface area (Å²) in [6.45, 7) is 29.0. The number of esters is 2. The first-order chi connectivity index (χ1) is 27.5. The van der Waals surface area contributed by atoms with E-state index in [0.717, 1.165) is 90.3 Å². The summed E-state index contributed by atoms with van der Waals surface area (Å²) in [5, 5.41) is 21.7. The average molecular weight is 928 g/mol. The summed E-state index contributed by atoms with van der Waals surface area (Å²) in [5.74, 6) is 2.43. The van der Waals surface area contributed by atoms with Crippen molar-refractivity contribution < 1.29 is 38.1 Å². The van der Waals surface area contributed by atoms with Crippen LogP contribution in [0.1, 0.15) is 139 Å². The number of rotatable bonds is 22. The number of carbonyl (C=O) groups excluding carboxylic acids is 2. The standard InChI is InChI=1S/C27H46O4SeSi.C21H42O4Si/c1-20-18-24(28)22(23(20)19-31-33(6,7)27(2,3)4)16-12-9-13-17-25(26(29)30-5)32-21-14-10-8-11-15-21;1-16-14-19(22)17(12-10-8-9-11-13-20(23)24-5)18(16)15-25-26(6,7)21(2,3)4/h8,10-11,14-15,20,22-25,28H,9,12-13,16-19H2,1-7H3;16-19,22H,8-15H2,1-7H3/t20-,22-,23+,24+,25?;16-,17-,18+,19+/m11/s1. The van der Waals surface area contributed by atoms with Gasteiger partial charge < -0.3 is 14.3 Å². The van der Waals surface area contributed by atoms with Crippen molar-refractivity contribution in [2.75, 3.05) is 27.4 Å². The third-order valence-electron chi connectivity index (χ3n) is 14.5. The normalized spacial score (nSPS) is 25.6. The van der Waals surface area contributed by atoms with Crippen LogP contribution in [0, 0.1) is 35.5 Å². The summed E-state index contributed by atoms with van der Waals surface area (Å²) in [4.78, 5) is 23.4. The van der Waals surface area contributed by atoms with E-state index in [-0.39, 0.29) is 54.0 Å². The number of aliphatic hydroxyl groups excluding tert-OH is 2. The Kier molecular flexibility index (Phi) is 23.2. The van der Waals surface area contributed by atoms with Crippen molar-refractivity contribution in [3.05, 3.63) is 30.3 Å². The number of unbranched alkanes of at least 4 members (excludes halogenated alkanes) is 5. The van der Waals surface area contributed by atoms with Crippen LogP contribution in [0.4, 0.5) is 0 Å². The number of methoxy groups -OCH3 is 2. The minimum atomic E-state index is -1.78. The Bertz CT molecular complexity index is 1350. The van der Waals surface area contributed by atoms with Gasteiger partial charge in [0, 0.05) is 13.0 Å². The second kappa shape index (κ2) is 25.3. The van der Waals surface area contributed by atoms with Gasteiger partial charge in [0.05, 0.1) is 13.2 Å². The Morgan fingerprint density at radius 1 is 0.678 bits per heavy atom. The molecule has 0 heterocycles. The van der Waals surface area contributed by atoms with Crippen LogP contribution in [-0.2, 0) is 27.9 Å². The maximum Gasteiger partial charge on any atom is 0.305 e. The van der Waals surface area contributed by atoms with Crippen molar-refractivity contribution in [3.63, 3.8) is 0 Å². The first kappa shape index (κ1) is 54.1. The Balaban J connectivity index is 0.000000419. The fraction of sp³-hybridized carbons (Fsp3) is 0.833. The van der Waals surface area contributed by atoms with Crippen LogP contribution in [0.25, 0.3) is 0 Å². The predicted octanol–water partition coefficient (Wildman–Crippen LogP) is 10.7. The van der Waals surface area contributed by atoms with E-state index in [0.29, 0.717) is 41.9 Å². The van der Waals surface area contributed by atoms with E-state index in [1.165, 1.54) is 18.7 Å². The van der Waals surface area contributed by atoms with Crippen LogP contribution in [0.5, 0.6) is 0 Å². The summed E-state index contributed by atoms with van der Waals surface area (Å²) >= 11 is 0.0949. The van der Waals surface area contributed by atoms with Crippen LogP contribution in [0.15, 0.2) is 30.3 Å². The third-order valence-corrected chi connectivity index (χ3v) is 26.2. The van der Waals surface area contributed by atoms with Gasteiger partial charge in [0.25, 0.3) is 0 Å². The van der Waals surface area contributed by atoms with Gasteiger partial charge in [0.1, 0.15) is 0 Å². The van der Waals surface area contributed by atoms with Crippen molar-refractivity contribution in [2.45, 2.75) is 192 Å². The van der Waals surface area contributed by atoms with Gasteiger partial charge in [-0.3, -0.25) is 4.79 Å². The Hall–Kier alpha value is -1.05. The average Bonchev–Trinajstić information content (AvgIpc) is 3.59. The van der Waals surface area contributed by atoms with Crippen molar-refractivity contribution >= 4 is 48.0 Å². The molecular weight excluding hydrogens is 840 g/mol. The number of carbonyl (C=O) groups is 2. The number of hydrogen-bond donors (Lipinski definition) is 2. The smallest absolute Gasteiger partial charge is 0.305 e. The molecule has 8 nitrogen and oxygen atoms in total. The van der Waals surface area contributed by atoms with Crippen molar-refractivity contribution in [2.24, 2.45) is 35.5 Å². The quantitative estimate of drug-likeness (QED) is 0.0672. The molecule has 1 aromatic rings. The van der Waals surface area contributed by atoms with Crippen LogP contribution in [0.2, 0.25) is 41.1 Å². The molecular formula is C48H88O8SeSi2. The first-order valence-electron chi connectivity index (χ1n) is 23.0. The molecule has 0 aromatic heterocycles. The zero-order chi connectivity index (χ0) is 44.6. The number of ether oxygens (including phenoxy) is 2. The van der Waals surface area contributed by atoms with E-state index >= 15 is 0 Å². The van der Waals surface area contributed by atoms with Gasteiger partial charge in [-0.25, -0.2) is 0 Å². The van der Waals surface area contributed by atoms with Crippen molar-refractivity contribution in [1.82, 2.24) is 0 Å². The molecule has 2 aliphatic carbocycles. The molecule has 9 atom stereocenters. The molecule has 0 bridgehead atoms. The van der Waals surface area contributed by atoms with Crippen LogP contribution < -0.4 is 4.46 Å². The van der Waals surface area contributed by atoms with E-state index in [4.69, 9.17) is 13.6 Å². The van der Waals surface area contributed by atoms with Gasteiger partial charge in [-0.2, -0.15) is 0 Å². The number of aliphatic hydroxyl groups is 2. The topological polar surface area (TPSA) is 112 Å². The van der Waals surface area contributed by atoms with E-state index < -0.39 is 16.6 Å². The Morgan fingerprint density at radius 3 is 1.54 bits per heavy atom. The number of hydrogen-bond acceptors (Lipinski definition) is 8. The maximum absolute atomic E-state index is 12.3. The van der Waals surface area contributed by atoms with Crippen molar-refractivity contribution in [3.8, 4) is 0 Å². The molecule has 0 amide bonds. The van der Waals surface area contributed by atoms with Gasteiger partial charge in [-0.15, -0.1) is 0 Å². The largest absolute Gasteiger partial charge is 0.469 e. The van der Waals surface area contributed by atoms with Crippen LogP contribution in [-0.4, -0.2) is 93.4 Å². The maximum atomic E-state index is 12.3. The third kappa shape index (κ3) is 17.9. The fourth-order valence-corrected chi connectivity index (χ4v) is 12.8. The molecule has 59 heavy (non-hydrogen) atoms. The molecule has 2 aliphatic rings. The molecule has 3 rings (SSSR count). The van der Waals surface area contributed by atoms with Gasteiger partial charge >= 0.3 is 195 Å². The molecule has 0 saturated heterocycles. The van der Waals surface area contributed by atoms with E-state index in [9.17, 15) is 19.8 Å². The summed E-state index contributed by atoms with van der Waals surface area (Å²) < 4.78 is 24.0. The van der Waals surface area contributed by atoms with Crippen LogP contribution >= 0.6 is 0 Å². The molecule has 0 spiro atoms. The molecule has 2 N–H and O–H groups in total. The Labute approximate surface area is 369 Å². The molecule has 0 aliphatic heterocycles. The number of benzene rings is 1. The van der Waals surface area contributed by atoms with Crippen LogP contribution in [0.3, 0.4) is 0 Å². The fourth-order valence-electron chi connectivity index (χ4n) is 8.32. The van der Waals surface area contributed by atoms with Gasteiger partial charge in [-0.05, 0) is 55.1 Å². The van der Waals surface area contributed by atoms with Crippen molar-refractivity contribution in [1.29, 1.82) is 0 Å². The summed E-state index contributed by atoms with van der Waals surface area (Å²) in [7, 11) is -0.590. The zero-order valence-electron chi connectivity index (χ0n) is 39.9. The molecule has 2 saturated carbocycles. The zero-order valence-corrected chi connectivity index (χ0v) is 43.7. The molecule has 2 fully saturated rings. The molecule has 342 valence electrons. The summed E-state index contributed by atoms with van der Waals surface area (Å²) in [6, 6.07) is 10.3. The molecule has 1 aromatic carbocycles. The Morgan fingerprint density at radius 2 is 1.12 bits per heavy atom. The second-order valence-corrected chi connectivity index (χ2v) is 33.3. The first-order valence-corrected chi connectivity index (χ1v) is 30.6. The van der Waals surface area contributed by atoms with E-state index in [2.05, 4.69) is 98.4 Å². The summed E-state index contributed by atoms with van der Waals surface area (Å²) in [5.41, 5.74) is 0. The van der Waals surface area contributed by atoms with E-state index in [1.807, 2.05) is 18.2 Å². The SMILES string of the molecule is COC(=O)C(CCCCC[C@@H]1[C@@H](CO[Si](C)(C)C(C)(C)C)[C@H](C)C[C@@H]1O)[Se]c1ccccc1.COC(=O)CCCCCC[C@@H]1[C@@H](CO[Si](C)(C)C(C)(C)C)[C@H](C)C[C@@H]1O. The minimum Gasteiger partial charge on any atom is -0.469 e.